The monoisotopic (exact) mass is 351 g/mol. The Morgan fingerprint density at radius 2 is 2.10 bits per heavy atom. The van der Waals surface area contributed by atoms with Crippen molar-refractivity contribution in [2.24, 2.45) is 0 Å². The van der Waals surface area contributed by atoms with Crippen molar-refractivity contribution in [3.05, 3.63) is 49.8 Å². The molecule has 0 bridgehead atoms. The predicted octanol–water partition coefficient (Wildman–Crippen LogP) is 3.89. The van der Waals surface area contributed by atoms with Gasteiger partial charge in [0.05, 0.1) is 10.6 Å². The van der Waals surface area contributed by atoms with Crippen LogP contribution in [-0.2, 0) is 0 Å². The number of nitrogens with zero attached hydrogens (tertiary/aromatic N) is 3. The minimum Gasteiger partial charge on any atom is -0.377 e. The normalized spacial score (nSPS) is 11.0. The summed E-state index contributed by atoms with van der Waals surface area (Å²) in [5.41, 5.74) is 2.11. The summed E-state index contributed by atoms with van der Waals surface area (Å²) in [6.45, 7) is 1.54. The first-order valence-electron chi connectivity index (χ1n) is 6.15. The fourth-order valence-electron chi connectivity index (χ4n) is 1.88. The summed E-state index contributed by atoms with van der Waals surface area (Å²) in [5.74, 6) is 0.144. The van der Waals surface area contributed by atoms with E-state index in [1.54, 1.807) is 19.1 Å². The van der Waals surface area contributed by atoms with Crippen LogP contribution in [0.1, 0.15) is 17.0 Å². The first-order chi connectivity index (χ1) is 9.90. The fourth-order valence-corrected chi connectivity index (χ4v) is 2.63. The van der Waals surface area contributed by atoms with Gasteiger partial charge < -0.3 is 9.42 Å². The second-order valence-corrected chi connectivity index (χ2v) is 5.53. The van der Waals surface area contributed by atoms with Gasteiger partial charge in [0.15, 0.2) is 5.69 Å². The van der Waals surface area contributed by atoms with Crippen molar-refractivity contribution in [3.8, 4) is 0 Å². The maximum atomic E-state index is 10.9. The minimum absolute atomic E-state index is 0.102. The first-order valence-corrected chi connectivity index (χ1v) is 6.95. The van der Waals surface area contributed by atoms with Crippen LogP contribution in [0, 0.1) is 17.0 Å². The van der Waals surface area contributed by atoms with E-state index < -0.39 is 4.92 Å². The quantitative estimate of drug-likeness (QED) is 0.617. The van der Waals surface area contributed by atoms with Crippen molar-refractivity contribution >= 4 is 39.5 Å². The van der Waals surface area contributed by atoms with Gasteiger partial charge in [0, 0.05) is 18.6 Å². The fraction of sp³-hybridized carbons (Fsp3) is 0.214. The Labute approximate surface area is 130 Å². The highest BCUT2D eigenvalue weighted by Crippen LogP contribution is 2.28. The third-order valence-corrected chi connectivity index (χ3v) is 3.56. The van der Waals surface area contributed by atoms with Gasteiger partial charge in [0.2, 0.25) is 5.76 Å². The number of anilines is 1. The number of aromatic nitrogens is 1. The molecular formula is C14H14BrN3O3. The molecule has 0 amide bonds. The molecule has 0 atom stereocenters. The van der Waals surface area contributed by atoms with Gasteiger partial charge in [-0.15, -0.1) is 0 Å². The van der Waals surface area contributed by atoms with E-state index in [0.29, 0.717) is 0 Å². The Morgan fingerprint density at radius 3 is 2.67 bits per heavy atom. The highest BCUT2D eigenvalue weighted by atomic mass is 79.9. The summed E-state index contributed by atoms with van der Waals surface area (Å²) < 4.78 is 5.91. The molecule has 2 aromatic rings. The molecule has 110 valence electrons. The van der Waals surface area contributed by atoms with Crippen LogP contribution >= 0.6 is 15.9 Å². The predicted molar refractivity (Wildman–Crippen MR) is 85.3 cm³/mol. The van der Waals surface area contributed by atoms with Gasteiger partial charge >= 0.3 is 5.69 Å². The molecule has 0 aliphatic carbocycles. The molecule has 2 rings (SSSR count). The Balaban J connectivity index is 2.30. The topological polar surface area (TPSA) is 72.4 Å². The second-order valence-electron chi connectivity index (χ2n) is 4.68. The highest BCUT2D eigenvalue weighted by molar-refractivity contribution is 9.10. The average molecular weight is 352 g/mol. The molecule has 0 aliphatic heterocycles. The summed E-state index contributed by atoms with van der Waals surface area (Å²) >= 11 is 3.50. The summed E-state index contributed by atoms with van der Waals surface area (Å²) in [5, 5.41) is 14.6. The van der Waals surface area contributed by atoms with E-state index in [1.807, 2.05) is 37.2 Å². The molecule has 21 heavy (non-hydrogen) atoms. The minimum atomic E-state index is -0.490. The van der Waals surface area contributed by atoms with Crippen molar-refractivity contribution < 1.29 is 9.45 Å². The van der Waals surface area contributed by atoms with Crippen molar-refractivity contribution in [1.82, 2.24) is 5.16 Å². The number of halogens is 1. The van der Waals surface area contributed by atoms with Gasteiger partial charge in [-0.3, -0.25) is 10.1 Å². The SMILES string of the molecule is Cc1noc(/C=C/c2ccc(N(C)C)c(Br)c2)c1[N+](=O)[O-]. The molecule has 0 aliphatic rings. The Bertz CT molecular complexity index is 707. The molecule has 0 N–H and O–H groups in total. The molecule has 0 unspecified atom stereocenters. The maximum absolute atomic E-state index is 10.9. The van der Waals surface area contributed by atoms with Crippen LogP contribution in [0.25, 0.3) is 12.2 Å². The number of nitro groups is 1. The molecule has 0 saturated heterocycles. The van der Waals surface area contributed by atoms with Crippen LogP contribution in [0.15, 0.2) is 27.2 Å². The summed E-state index contributed by atoms with van der Waals surface area (Å²) in [6.07, 6.45) is 3.30. The van der Waals surface area contributed by atoms with Crippen molar-refractivity contribution in [3.63, 3.8) is 0 Å². The lowest BCUT2D eigenvalue weighted by atomic mass is 10.1. The van der Waals surface area contributed by atoms with E-state index >= 15 is 0 Å². The summed E-state index contributed by atoms with van der Waals surface area (Å²) in [7, 11) is 3.91. The second kappa shape index (κ2) is 6.09. The highest BCUT2D eigenvalue weighted by Gasteiger charge is 2.21. The van der Waals surface area contributed by atoms with Crippen LogP contribution < -0.4 is 4.90 Å². The van der Waals surface area contributed by atoms with E-state index in [2.05, 4.69) is 21.1 Å². The Morgan fingerprint density at radius 1 is 1.38 bits per heavy atom. The summed E-state index contributed by atoms with van der Waals surface area (Å²) in [4.78, 5) is 12.4. The lowest BCUT2D eigenvalue weighted by molar-refractivity contribution is -0.386. The zero-order chi connectivity index (χ0) is 15.6. The van der Waals surface area contributed by atoms with E-state index in [-0.39, 0.29) is 17.1 Å². The Hall–Kier alpha value is -2.15. The molecule has 0 spiro atoms. The third-order valence-electron chi connectivity index (χ3n) is 2.92. The van der Waals surface area contributed by atoms with Crippen LogP contribution in [0.2, 0.25) is 0 Å². The molecule has 6 nitrogen and oxygen atoms in total. The van der Waals surface area contributed by atoms with Gasteiger partial charge in [0.25, 0.3) is 0 Å². The number of aryl methyl sites for hydroxylation is 1. The standard InChI is InChI=1S/C14H14BrN3O3/c1-9-14(18(19)20)13(21-16-9)7-5-10-4-6-12(17(2)3)11(15)8-10/h4-8H,1-3H3/b7-5+. The van der Waals surface area contributed by atoms with Gasteiger partial charge in [-0.2, -0.15) is 0 Å². The molecule has 0 fully saturated rings. The van der Waals surface area contributed by atoms with Crippen molar-refractivity contribution in [1.29, 1.82) is 0 Å². The lowest BCUT2D eigenvalue weighted by Crippen LogP contribution is -2.09. The molecule has 0 saturated carbocycles. The van der Waals surface area contributed by atoms with Gasteiger partial charge in [-0.05, 0) is 46.6 Å². The van der Waals surface area contributed by atoms with E-state index in [0.717, 1.165) is 15.7 Å². The maximum Gasteiger partial charge on any atom is 0.338 e. The summed E-state index contributed by atoms with van der Waals surface area (Å²) in [6, 6.07) is 5.82. The largest absolute Gasteiger partial charge is 0.377 e. The molecule has 0 radical (unpaired) electrons. The molecular weight excluding hydrogens is 338 g/mol. The number of benzene rings is 1. The molecule has 1 heterocycles. The van der Waals surface area contributed by atoms with E-state index in [9.17, 15) is 10.1 Å². The van der Waals surface area contributed by atoms with Crippen LogP contribution in [0.5, 0.6) is 0 Å². The van der Waals surface area contributed by atoms with Gasteiger partial charge in [-0.25, -0.2) is 0 Å². The third kappa shape index (κ3) is 3.30. The van der Waals surface area contributed by atoms with Crippen LogP contribution in [0.3, 0.4) is 0 Å². The van der Waals surface area contributed by atoms with Crippen LogP contribution in [-0.4, -0.2) is 24.2 Å². The number of hydrogen-bond donors (Lipinski definition) is 0. The van der Waals surface area contributed by atoms with E-state index in [4.69, 9.17) is 4.52 Å². The van der Waals surface area contributed by atoms with Gasteiger partial charge in [0.1, 0.15) is 0 Å². The molecule has 1 aromatic carbocycles. The lowest BCUT2D eigenvalue weighted by Gasteiger charge is -2.14. The molecule has 1 aromatic heterocycles. The van der Waals surface area contributed by atoms with Crippen LogP contribution in [0.4, 0.5) is 11.4 Å². The number of rotatable bonds is 4. The average Bonchev–Trinajstić information content (AvgIpc) is 2.77. The Kier molecular flexibility index (Phi) is 4.42. The number of hydrogen-bond acceptors (Lipinski definition) is 5. The van der Waals surface area contributed by atoms with Crippen molar-refractivity contribution in [2.75, 3.05) is 19.0 Å². The molecule has 7 heteroatoms. The first kappa shape index (κ1) is 15.2. The van der Waals surface area contributed by atoms with Crippen molar-refractivity contribution in [2.45, 2.75) is 6.92 Å². The zero-order valence-corrected chi connectivity index (χ0v) is 13.4. The zero-order valence-electron chi connectivity index (χ0n) is 11.8. The van der Waals surface area contributed by atoms with Gasteiger partial charge in [-0.1, -0.05) is 17.3 Å². The smallest absolute Gasteiger partial charge is 0.338 e. The van der Waals surface area contributed by atoms with E-state index in [1.165, 1.54) is 0 Å².